The Labute approximate surface area is 124 Å². The molecule has 1 aliphatic carbocycles. The molecular weight excluding hydrogens is 244 g/mol. The summed E-state index contributed by atoms with van der Waals surface area (Å²) < 4.78 is 0. The lowest BCUT2D eigenvalue weighted by Gasteiger charge is -2.33. The van der Waals surface area contributed by atoms with E-state index in [4.69, 9.17) is 0 Å². The number of hydrogen-bond acceptors (Lipinski definition) is 2. The third-order valence-electron chi connectivity index (χ3n) is 4.81. The Kier molecular flexibility index (Phi) is 6.06. The first kappa shape index (κ1) is 15.5. The van der Waals surface area contributed by atoms with Crippen LogP contribution in [0.2, 0.25) is 0 Å². The lowest BCUT2D eigenvalue weighted by atomic mass is 9.93. The summed E-state index contributed by atoms with van der Waals surface area (Å²) in [6.45, 7) is 7.06. The van der Waals surface area contributed by atoms with E-state index in [1.54, 1.807) is 0 Å². The average molecular weight is 274 g/mol. The van der Waals surface area contributed by atoms with Gasteiger partial charge >= 0.3 is 0 Å². The molecule has 1 N–H and O–H groups in total. The highest BCUT2D eigenvalue weighted by molar-refractivity contribution is 5.19. The topological polar surface area (TPSA) is 15.3 Å². The molecule has 1 fully saturated rings. The fraction of sp³-hybridized carbons (Fsp3) is 0.667. The quantitative estimate of drug-likeness (QED) is 0.812. The number of nitrogens with one attached hydrogen (secondary N) is 1. The second-order valence-electron chi connectivity index (χ2n) is 6.18. The van der Waals surface area contributed by atoms with E-state index < -0.39 is 0 Å². The lowest BCUT2D eigenvalue weighted by Crippen LogP contribution is -2.39. The van der Waals surface area contributed by atoms with Crippen molar-refractivity contribution >= 4 is 0 Å². The van der Waals surface area contributed by atoms with Crippen LogP contribution in [0.15, 0.2) is 30.3 Å². The molecule has 1 aromatic rings. The van der Waals surface area contributed by atoms with Crippen molar-refractivity contribution in [3.63, 3.8) is 0 Å². The van der Waals surface area contributed by atoms with Gasteiger partial charge in [-0.2, -0.15) is 0 Å². The maximum atomic E-state index is 3.51. The minimum absolute atomic E-state index is 0.451. The highest BCUT2D eigenvalue weighted by atomic mass is 15.2. The van der Waals surface area contributed by atoms with Crippen LogP contribution in [0, 0.1) is 5.92 Å². The van der Waals surface area contributed by atoms with Crippen LogP contribution in [-0.2, 0) is 0 Å². The van der Waals surface area contributed by atoms with Gasteiger partial charge in [-0.25, -0.2) is 0 Å². The smallest absolute Gasteiger partial charge is 0.0355 e. The molecule has 2 unspecified atom stereocenters. The van der Waals surface area contributed by atoms with E-state index in [-0.39, 0.29) is 0 Å². The maximum Gasteiger partial charge on any atom is 0.0355 e. The highest BCUT2D eigenvalue weighted by Gasteiger charge is 2.25. The first-order valence-electron chi connectivity index (χ1n) is 8.22. The summed E-state index contributed by atoms with van der Waals surface area (Å²) >= 11 is 0. The van der Waals surface area contributed by atoms with Crippen LogP contribution in [0.1, 0.15) is 51.1 Å². The van der Waals surface area contributed by atoms with E-state index in [0.717, 1.165) is 6.04 Å². The maximum absolute atomic E-state index is 3.51. The Morgan fingerprint density at radius 3 is 2.40 bits per heavy atom. The van der Waals surface area contributed by atoms with Gasteiger partial charge in [-0.05, 0) is 37.9 Å². The predicted octanol–water partition coefficient (Wildman–Crippen LogP) is 3.85. The first-order chi connectivity index (χ1) is 9.76. The molecule has 0 aliphatic heterocycles. The molecule has 0 bridgehead atoms. The molecule has 1 aliphatic rings. The van der Waals surface area contributed by atoms with Gasteiger partial charge < -0.3 is 10.2 Å². The molecular formula is C18H30N2. The van der Waals surface area contributed by atoms with Crippen LogP contribution >= 0.6 is 0 Å². The molecule has 1 aromatic carbocycles. The molecule has 2 nitrogen and oxygen atoms in total. The van der Waals surface area contributed by atoms with Gasteiger partial charge in [0.05, 0.1) is 0 Å². The van der Waals surface area contributed by atoms with Gasteiger partial charge in [-0.15, -0.1) is 0 Å². The molecule has 0 heterocycles. The largest absolute Gasteiger partial charge is 0.313 e. The second-order valence-corrected chi connectivity index (χ2v) is 6.18. The van der Waals surface area contributed by atoms with Crippen LogP contribution in [0.5, 0.6) is 0 Å². The van der Waals surface area contributed by atoms with Gasteiger partial charge in [0.15, 0.2) is 0 Å². The Balaban J connectivity index is 1.99. The molecule has 0 radical (unpaired) electrons. The minimum atomic E-state index is 0.451. The zero-order valence-electron chi connectivity index (χ0n) is 13.3. The van der Waals surface area contributed by atoms with Crippen molar-refractivity contribution in [3.05, 3.63) is 35.9 Å². The third kappa shape index (κ3) is 3.83. The summed E-state index contributed by atoms with van der Waals surface area (Å²) in [4.78, 5) is 2.70. The van der Waals surface area contributed by atoms with Gasteiger partial charge in [0.25, 0.3) is 0 Å². The van der Waals surface area contributed by atoms with Gasteiger partial charge in [0.1, 0.15) is 0 Å². The zero-order valence-corrected chi connectivity index (χ0v) is 13.3. The van der Waals surface area contributed by atoms with Crippen LogP contribution in [-0.4, -0.2) is 31.1 Å². The van der Waals surface area contributed by atoms with E-state index >= 15 is 0 Å². The lowest BCUT2D eigenvalue weighted by molar-refractivity contribution is 0.166. The standard InChI is InChI=1S/C18H30N2/c1-4-20(17-12-8-9-13-17)14-15(2)18(19-3)16-10-6-5-7-11-16/h5-7,10-11,15,17-19H,4,8-9,12-14H2,1-3H3. The number of benzene rings is 1. The summed E-state index contributed by atoms with van der Waals surface area (Å²) in [5, 5.41) is 3.51. The average Bonchev–Trinajstić information content (AvgIpc) is 3.00. The molecule has 0 saturated heterocycles. The van der Waals surface area contributed by atoms with Crippen LogP contribution < -0.4 is 5.32 Å². The first-order valence-corrected chi connectivity index (χ1v) is 8.22. The normalized spacial score (nSPS) is 19.4. The monoisotopic (exact) mass is 274 g/mol. The Morgan fingerprint density at radius 2 is 1.85 bits per heavy atom. The van der Waals surface area contributed by atoms with E-state index in [9.17, 15) is 0 Å². The second kappa shape index (κ2) is 7.80. The van der Waals surface area contributed by atoms with Crippen molar-refractivity contribution in [1.82, 2.24) is 10.2 Å². The Morgan fingerprint density at radius 1 is 1.20 bits per heavy atom. The fourth-order valence-electron chi connectivity index (χ4n) is 3.72. The van der Waals surface area contributed by atoms with Crippen molar-refractivity contribution in [2.24, 2.45) is 5.92 Å². The van der Waals surface area contributed by atoms with Gasteiger partial charge in [0, 0.05) is 18.6 Å². The number of hydrogen-bond donors (Lipinski definition) is 1. The minimum Gasteiger partial charge on any atom is -0.313 e. The predicted molar refractivity (Wildman–Crippen MR) is 86.9 cm³/mol. The third-order valence-corrected chi connectivity index (χ3v) is 4.81. The molecule has 0 amide bonds. The molecule has 0 spiro atoms. The van der Waals surface area contributed by atoms with Crippen molar-refractivity contribution in [2.75, 3.05) is 20.1 Å². The molecule has 20 heavy (non-hydrogen) atoms. The summed E-state index contributed by atoms with van der Waals surface area (Å²) in [7, 11) is 2.08. The zero-order chi connectivity index (χ0) is 14.4. The van der Waals surface area contributed by atoms with E-state index in [0.29, 0.717) is 12.0 Å². The molecule has 2 atom stereocenters. The van der Waals surface area contributed by atoms with Crippen molar-refractivity contribution in [1.29, 1.82) is 0 Å². The van der Waals surface area contributed by atoms with Crippen molar-refractivity contribution < 1.29 is 0 Å². The number of nitrogens with zero attached hydrogens (tertiary/aromatic N) is 1. The number of rotatable bonds is 7. The van der Waals surface area contributed by atoms with Gasteiger partial charge in [0.2, 0.25) is 0 Å². The molecule has 2 heteroatoms. The Hall–Kier alpha value is -0.860. The SMILES string of the molecule is CCN(CC(C)C(NC)c1ccccc1)C1CCCC1. The Bertz CT molecular complexity index is 370. The van der Waals surface area contributed by atoms with Crippen molar-refractivity contribution in [2.45, 2.75) is 51.6 Å². The van der Waals surface area contributed by atoms with Gasteiger partial charge in [-0.3, -0.25) is 0 Å². The summed E-state index contributed by atoms with van der Waals surface area (Å²) in [5.74, 6) is 0.628. The summed E-state index contributed by atoms with van der Waals surface area (Å²) in [6.07, 6.45) is 5.64. The van der Waals surface area contributed by atoms with E-state index in [1.807, 2.05) is 0 Å². The van der Waals surface area contributed by atoms with E-state index in [1.165, 1.54) is 44.3 Å². The highest BCUT2D eigenvalue weighted by Crippen LogP contribution is 2.27. The fourth-order valence-corrected chi connectivity index (χ4v) is 3.72. The summed E-state index contributed by atoms with van der Waals surface area (Å²) in [6, 6.07) is 12.1. The molecule has 1 saturated carbocycles. The summed E-state index contributed by atoms with van der Waals surface area (Å²) in [5.41, 5.74) is 1.41. The van der Waals surface area contributed by atoms with Crippen LogP contribution in [0.25, 0.3) is 0 Å². The van der Waals surface area contributed by atoms with Crippen LogP contribution in [0.4, 0.5) is 0 Å². The molecule has 2 rings (SSSR count). The molecule has 0 aromatic heterocycles. The van der Waals surface area contributed by atoms with Gasteiger partial charge in [-0.1, -0.05) is 57.0 Å². The molecule has 112 valence electrons. The van der Waals surface area contributed by atoms with Crippen LogP contribution in [0.3, 0.4) is 0 Å². The van der Waals surface area contributed by atoms with Crippen molar-refractivity contribution in [3.8, 4) is 0 Å². The van der Waals surface area contributed by atoms with E-state index in [2.05, 4.69) is 61.4 Å².